The Labute approximate surface area is 104 Å². The summed E-state index contributed by atoms with van der Waals surface area (Å²) in [6.45, 7) is 1.51. The van der Waals surface area contributed by atoms with Gasteiger partial charge in [0.1, 0.15) is 5.75 Å². The predicted octanol–water partition coefficient (Wildman–Crippen LogP) is 3.18. The number of carbonyl (C=O) groups excluding carboxylic acids is 1. The fraction of sp³-hybridized carbons (Fsp3) is 0.154. The lowest BCUT2D eigenvalue weighted by molar-refractivity contribution is -0.116. The molecule has 0 heterocycles. The summed E-state index contributed by atoms with van der Waals surface area (Å²) in [6, 6.07) is 8.78. The van der Waals surface area contributed by atoms with Crippen molar-refractivity contribution in [2.45, 2.75) is 6.92 Å². The van der Waals surface area contributed by atoms with Gasteiger partial charge in [-0.2, -0.15) is 0 Å². The van der Waals surface area contributed by atoms with E-state index in [2.05, 4.69) is 0 Å². The van der Waals surface area contributed by atoms with Crippen LogP contribution in [0, 0.1) is 0 Å². The van der Waals surface area contributed by atoms with Crippen LogP contribution >= 0.6 is 11.6 Å². The van der Waals surface area contributed by atoms with E-state index in [1.165, 1.54) is 6.92 Å². The van der Waals surface area contributed by atoms with Crippen LogP contribution in [-0.2, 0) is 4.79 Å². The van der Waals surface area contributed by atoms with Crippen molar-refractivity contribution in [3.05, 3.63) is 35.4 Å². The number of rotatable bonds is 1. The molecule has 0 fully saturated rings. The minimum atomic E-state index is -0.0331. The minimum Gasteiger partial charge on any atom is -0.506 e. The number of phenols is 1. The SMILES string of the molecule is CC(=O)N(C)c1ccc2c(Cl)c(O)ccc2c1. The van der Waals surface area contributed by atoms with Crippen LogP contribution in [0.15, 0.2) is 30.3 Å². The third-order valence-electron chi connectivity index (χ3n) is 2.78. The second-order valence-electron chi connectivity index (χ2n) is 3.88. The molecule has 2 rings (SSSR count). The molecule has 0 aliphatic heterocycles. The van der Waals surface area contributed by atoms with Gasteiger partial charge in [0.25, 0.3) is 0 Å². The van der Waals surface area contributed by atoms with Crippen LogP contribution in [0.25, 0.3) is 10.8 Å². The van der Waals surface area contributed by atoms with Gasteiger partial charge in [-0.05, 0) is 23.6 Å². The van der Waals surface area contributed by atoms with Gasteiger partial charge < -0.3 is 10.0 Å². The van der Waals surface area contributed by atoms with Crippen molar-refractivity contribution in [1.29, 1.82) is 0 Å². The Balaban J connectivity index is 2.60. The summed E-state index contributed by atoms with van der Waals surface area (Å²) in [4.78, 5) is 12.8. The summed E-state index contributed by atoms with van der Waals surface area (Å²) in [5.74, 6) is 0.0288. The highest BCUT2D eigenvalue weighted by molar-refractivity contribution is 6.37. The van der Waals surface area contributed by atoms with E-state index in [0.29, 0.717) is 5.02 Å². The smallest absolute Gasteiger partial charge is 0.223 e. The Kier molecular flexibility index (Phi) is 2.94. The molecule has 17 heavy (non-hydrogen) atoms. The summed E-state index contributed by atoms with van der Waals surface area (Å²) in [5.41, 5.74) is 0.798. The van der Waals surface area contributed by atoms with E-state index in [4.69, 9.17) is 11.6 Å². The van der Waals surface area contributed by atoms with Crippen molar-refractivity contribution >= 4 is 34.0 Å². The Morgan fingerprint density at radius 2 is 2.00 bits per heavy atom. The molecule has 2 aromatic rings. The topological polar surface area (TPSA) is 40.5 Å². The van der Waals surface area contributed by atoms with Gasteiger partial charge in [0.2, 0.25) is 5.91 Å². The molecule has 0 bridgehead atoms. The lowest BCUT2D eigenvalue weighted by Gasteiger charge is -2.15. The number of hydrogen-bond donors (Lipinski definition) is 1. The molecule has 1 amide bonds. The maximum Gasteiger partial charge on any atom is 0.223 e. The highest BCUT2D eigenvalue weighted by Gasteiger charge is 2.08. The highest BCUT2D eigenvalue weighted by atomic mass is 35.5. The number of carbonyl (C=O) groups is 1. The van der Waals surface area contributed by atoms with Crippen molar-refractivity contribution in [3.8, 4) is 5.75 Å². The van der Waals surface area contributed by atoms with Gasteiger partial charge in [-0.15, -0.1) is 0 Å². The first kappa shape index (κ1) is 11.7. The summed E-state index contributed by atoms with van der Waals surface area (Å²) in [5, 5.41) is 11.5. The third-order valence-corrected chi connectivity index (χ3v) is 3.17. The van der Waals surface area contributed by atoms with Crippen molar-refractivity contribution < 1.29 is 9.90 Å². The molecule has 0 aromatic heterocycles. The average Bonchev–Trinajstić information content (AvgIpc) is 2.32. The summed E-state index contributed by atoms with van der Waals surface area (Å²) in [7, 11) is 1.71. The van der Waals surface area contributed by atoms with E-state index in [0.717, 1.165) is 16.5 Å². The number of phenolic OH excluding ortho intramolecular Hbond substituents is 1. The van der Waals surface area contributed by atoms with Crippen LogP contribution in [0.4, 0.5) is 5.69 Å². The molecule has 88 valence electrons. The molecule has 2 aromatic carbocycles. The lowest BCUT2D eigenvalue weighted by Crippen LogP contribution is -2.22. The second-order valence-corrected chi connectivity index (χ2v) is 4.26. The lowest BCUT2D eigenvalue weighted by atomic mass is 10.1. The number of amides is 1. The van der Waals surface area contributed by atoms with Crippen molar-refractivity contribution in [2.24, 2.45) is 0 Å². The molecule has 4 heteroatoms. The zero-order valence-electron chi connectivity index (χ0n) is 9.57. The maximum absolute atomic E-state index is 11.3. The maximum atomic E-state index is 11.3. The molecule has 0 saturated carbocycles. The number of nitrogens with zero attached hydrogens (tertiary/aromatic N) is 1. The van der Waals surface area contributed by atoms with Crippen molar-refractivity contribution in [3.63, 3.8) is 0 Å². The fourth-order valence-electron chi connectivity index (χ4n) is 1.66. The highest BCUT2D eigenvalue weighted by Crippen LogP contribution is 2.33. The molecular weight excluding hydrogens is 238 g/mol. The molecule has 3 nitrogen and oxygen atoms in total. The molecule has 0 atom stereocenters. The molecule has 0 spiro atoms. The van der Waals surface area contributed by atoms with E-state index in [1.54, 1.807) is 36.2 Å². The Bertz CT molecular complexity index is 595. The van der Waals surface area contributed by atoms with Crippen LogP contribution in [0.5, 0.6) is 5.75 Å². The van der Waals surface area contributed by atoms with Crippen LogP contribution in [0.2, 0.25) is 5.02 Å². The first-order valence-corrected chi connectivity index (χ1v) is 5.54. The number of benzene rings is 2. The number of hydrogen-bond acceptors (Lipinski definition) is 2. The van der Waals surface area contributed by atoms with E-state index in [9.17, 15) is 9.90 Å². The van der Waals surface area contributed by atoms with Crippen molar-refractivity contribution in [2.75, 3.05) is 11.9 Å². The quantitative estimate of drug-likeness (QED) is 0.843. The van der Waals surface area contributed by atoms with Crippen LogP contribution in [0.3, 0.4) is 0 Å². The van der Waals surface area contributed by atoms with E-state index in [-0.39, 0.29) is 11.7 Å². The second kappa shape index (κ2) is 4.26. The normalized spacial score (nSPS) is 10.5. The predicted molar refractivity (Wildman–Crippen MR) is 69.7 cm³/mol. The van der Waals surface area contributed by atoms with Gasteiger partial charge in [0.15, 0.2) is 0 Å². The first-order chi connectivity index (χ1) is 8.00. The Hall–Kier alpha value is -1.74. The zero-order chi connectivity index (χ0) is 12.6. The zero-order valence-corrected chi connectivity index (χ0v) is 10.3. The average molecular weight is 250 g/mol. The Morgan fingerprint density at radius 3 is 2.65 bits per heavy atom. The molecule has 0 saturated heterocycles. The standard InChI is InChI=1S/C13H12ClNO2/c1-8(16)15(2)10-4-5-11-9(7-10)3-6-12(17)13(11)14/h3-7,17H,1-2H3. The van der Waals surface area contributed by atoms with Gasteiger partial charge in [-0.3, -0.25) is 4.79 Å². The number of aromatic hydroxyl groups is 1. The molecule has 0 aliphatic carbocycles. The minimum absolute atomic E-state index is 0.0331. The van der Waals surface area contributed by atoms with Crippen molar-refractivity contribution in [1.82, 2.24) is 0 Å². The van der Waals surface area contributed by atoms with E-state index in [1.807, 2.05) is 6.07 Å². The van der Waals surface area contributed by atoms with Crippen LogP contribution in [0.1, 0.15) is 6.92 Å². The molecular formula is C13H12ClNO2. The summed E-state index contributed by atoms with van der Waals surface area (Å²) < 4.78 is 0. The van der Waals surface area contributed by atoms with Gasteiger partial charge in [-0.1, -0.05) is 23.7 Å². The van der Waals surface area contributed by atoms with Gasteiger partial charge in [-0.25, -0.2) is 0 Å². The van der Waals surface area contributed by atoms with E-state index < -0.39 is 0 Å². The third kappa shape index (κ3) is 2.06. The molecule has 1 N–H and O–H groups in total. The number of halogens is 1. The van der Waals surface area contributed by atoms with Crippen LogP contribution < -0.4 is 4.90 Å². The Morgan fingerprint density at radius 1 is 1.29 bits per heavy atom. The van der Waals surface area contributed by atoms with E-state index >= 15 is 0 Å². The fourth-order valence-corrected chi connectivity index (χ4v) is 1.89. The largest absolute Gasteiger partial charge is 0.506 e. The monoisotopic (exact) mass is 249 g/mol. The van der Waals surface area contributed by atoms with Crippen LogP contribution in [-0.4, -0.2) is 18.1 Å². The van der Waals surface area contributed by atoms with Gasteiger partial charge in [0.05, 0.1) is 5.02 Å². The number of fused-ring (bicyclic) bond motifs is 1. The molecule has 0 radical (unpaired) electrons. The summed E-state index contributed by atoms with van der Waals surface area (Å²) in [6.07, 6.45) is 0. The summed E-state index contributed by atoms with van der Waals surface area (Å²) >= 11 is 5.99. The first-order valence-electron chi connectivity index (χ1n) is 5.16. The van der Waals surface area contributed by atoms with Gasteiger partial charge >= 0.3 is 0 Å². The number of anilines is 1. The van der Waals surface area contributed by atoms with Gasteiger partial charge in [0, 0.05) is 25.0 Å². The molecule has 0 unspecified atom stereocenters. The molecule has 0 aliphatic rings.